The topological polar surface area (TPSA) is 124 Å². The fourth-order valence-electron chi connectivity index (χ4n) is 3.30. The van der Waals surface area contributed by atoms with Crippen LogP contribution in [0, 0.1) is 10.1 Å². The lowest BCUT2D eigenvalue weighted by atomic mass is 10.1. The van der Waals surface area contributed by atoms with Crippen LogP contribution in [-0.2, 0) is 22.6 Å². The number of hydrogen-bond acceptors (Lipinski definition) is 6. The molecular weight excluding hydrogens is 402 g/mol. The minimum atomic E-state index is -1.82. The summed E-state index contributed by atoms with van der Waals surface area (Å²) in [7, 11) is 0. The largest absolute Gasteiger partial charge is 0.473 e. The van der Waals surface area contributed by atoms with E-state index >= 15 is 0 Å². The fraction of sp³-hybridized carbons (Fsp3) is 0.364. The maximum Gasteiger partial charge on any atom is 0.414 e. The summed E-state index contributed by atoms with van der Waals surface area (Å²) in [6.07, 6.45) is 2.34. The zero-order chi connectivity index (χ0) is 22.6. The van der Waals surface area contributed by atoms with Gasteiger partial charge in [0.15, 0.2) is 0 Å². The second-order valence-corrected chi connectivity index (χ2v) is 7.24. The van der Waals surface area contributed by atoms with Crippen LogP contribution in [0.25, 0.3) is 0 Å². The summed E-state index contributed by atoms with van der Waals surface area (Å²) >= 11 is 0. The molecule has 9 heteroatoms. The predicted molar refractivity (Wildman–Crippen MR) is 115 cm³/mol. The summed E-state index contributed by atoms with van der Waals surface area (Å²) in [5, 5.41) is 25.5. The van der Waals surface area contributed by atoms with Crippen molar-refractivity contribution in [2.75, 3.05) is 32.7 Å². The molecule has 9 nitrogen and oxygen atoms in total. The normalized spacial score (nSPS) is 14.3. The summed E-state index contributed by atoms with van der Waals surface area (Å²) in [5.41, 5.74) is 2.72. The van der Waals surface area contributed by atoms with E-state index in [1.807, 2.05) is 12.1 Å². The second kappa shape index (κ2) is 12.4. The van der Waals surface area contributed by atoms with E-state index in [1.165, 1.54) is 12.0 Å². The lowest BCUT2D eigenvalue weighted by Crippen LogP contribution is -2.46. The minimum absolute atomic E-state index is 0.159. The Bertz CT molecular complexity index is 837. The summed E-state index contributed by atoms with van der Waals surface area (Å²) in [4.78, 5) is 33.5. The Morgan fingerprint density at radius 3 is 1.90 bits per heavy atom. The van der Waals surface area contributed by atoms with E-state index in [-0.39, 0.29) is 10.6 Å². The Labute approximate surface area is 180 Å². The number of aryl methyl sites for hydroxylation is 1. The maximum atomic E-state index is 10.7. The van der Waals surface area contributed by atoms with E-state index in [9.17, 15) is 10.1 Å². The highest BCUT2D eigenvalue weighted by Gasteiger charge is 2.17. The molecule has 2 aromatic carbocycles. The van der Waals surface area contributed by atoms with E-state index < -0.39 is 11.9 Å². The van der Waals surface area contributed by atoms with Crippen LogP contribution < -0.4 is 0 Å². The summed E-state index contributed by atoms with van der Waals surface area (Å²) in [5.74, 6) is -3.65. The van der Waals surface area contributed by atoms with Crippen molar-refractivity contribution in [1.29, 1.82) is 0 Å². The third kappa shape index (κ3) is 8.93. The molecule has 0 aromatic heterocycles. The first-order valence-corrected chi connectivity index (χ1v) is 10.0. The highest BCUT2D eigenvalue weighted by molar-refractivity contribution is 6.27. The van der Waals surface area contributed by atoms with Gasteiger partial charge in [-0.25, -0.2) is 9.59 Å². The second-order valence-electron chi connectivity index (χ2n) is 7.24. The maximum absolute atomic E-state index is 10.7. The van der Waals surface area contributed by atoms with Crippen molar-refractivity contribution in [3.8, 4) is 0 Å². The number of benzene rings is 2. The van der Waals surface area contributed by atoms with Crippen molar-refractivity contribution < 1.29 is 24.7 Å². The molecule has 1 aliphatic rings. The molecule has 166 valence electrons. The van der Waals surface area contributed by atoms with E-state index in [1.54, 1.807) is 12.1 Å². The lowest BCUT2D eigenvalue weighted by molar-refractivity contribution is -0.384. The first-order chi connectivity index (χ1) is 14.8. The number of carboxylic acid groups (broad SMARTS) is 2. The molecule has 0 atom stereocenters. The molecule has 2 aromatic rings. The van der Waals surface area contributed by atoms with Crippen molar-refractivity contribution in [3.05, 3.63) is 75.8 Å². The third-order valence-electron chi connectivity index (χ3n) is 4.98. The summed E-state index contributed by atoms with van der Waals surface area (Å²) < 4.78 is 0. The monoisotopic (exact) mass is 429 g/mol. The molecule has 3 rings (SSSR count). The quantitative estimate of drug-likeness (QED) is 0.391. The van der Waals surface area contributed by atoms with Gasteiger partial charge in [-0.3, -0.25) is 15.0 Å². The summed E-state index contributed by atoms with van der Waals surface area (Å²) in [6, 6.07) is 17.6. The molecule has 0 unspecified atom stereocenters. The van der Waals surface area contributed by atoms with Gasteiger partial charge in [-0.2, -0.15) is 0 Å². The van der Waals surface area contributed by atoms with E-state index in [0.29, 0.717) is 0 Å². The van der Waals surface area contributed by atoms with Gasteiger partial charge in [0.25, 0.3) is 5.69 Å². The van der Waals surface area contributed by atoms with Crippen molar-refractivity contribution in [2.24, 2.45) is 0 Å². The highest BCUT2D eigenvalue weighted by Crippen LogP contribution is 2.14. The lowest BCUT2D eigenvalue weighted by Gasteiger charge is -2.34. The number of carbonyl (C=O) groups is 2. The van der Waals surface area contributed by atoms with Gasteiger partial charge in [-0.15, -0.1) is 0 Å². The van der Waals surface area contributed by atoms with Gasteiger partial charge in [0.05, 0.1) is 4.92 Å². The van der Waals surface area contributed by atoms with Crippen molar-refractivity contribution in [1.82, 2.24) is 9.80 Å². The molecule has 1 heterocycles. The smallest absolute Gasteiger partial charge is 0.414 e. The molecule has 2 N–H and O–H groups in total. The molecule has 0 aliphatic carbocycles. The first kappa shape index (κ1) is 24.0. The Kier molecular flexibility index (Phi) is 9.60. The standard InChI is InChI=1S/C20H25N3O2.C2H2O4/c24-23(25)20-10-8-19(9-11-20)17-22-15-13-21(14-16-22)12-4-7-18-5-2-1-3-6-18;3-1(4)2(5)6/h1-3,5-6,8-11H,4,7,12-17H2;(H,3,4)(H,5,6). The molecule has 1 saturated heterocycles. The van der Waals surface area contributed by atoms with Crippen molar-refractivity contribution in [3.63, 3.8) is 0 Å². The van der Waals surface area contributed by atoms with Gasteiger partial charge >= 0.3 is 11.9 Å². The van der Waals surface area contributed by atoms with Gasteiger partial charge in [0.1, 0.15) is 0 Å². The van der Waals surface area contributed by atoms with Gasteiger partial charge in [0, 0.05) is 44.9 Å². The number of nitrogens with zero attached hydrogens (tertiary/aromatic N) is 3. The Hall–Kier alpha value is -3.30. The van der Waals surface area contributed by atoms with E-state index in [4.69, 9.17) is 19.8 Å². The fourth-order valence-corrected chi connectivity index (χ4v) is 3.30. The predicted octanol–water partition coefficient (Wildman–Crippen LogP) is 2.50. The van der Waals surface area contributed by atoms with Crippen molar-refractivity contribution in [2.45, 2.75) is 19.4 Å². The van der Waals surface area contributed by atoms with Crippen LogP contribution in [0.1, 0.15) is 17.5 Å². The Balaban J connectivity index is 0.000000501. The number of hydrogen-bond donors (Lipinski definition) is 2. The zero-order valence-corrected chi connectivity index (χ0v) is 17.2. The average molecular weight is 429 g/mol. The number of nitro groups is 1. The van der Waals surface area contributed by atoms with E-state index in [2.05, 4.69) is 40.1 Å². The molecular formula is C22H27N3O6. The molecule has 1 aliphatic heterocycles. The number of aliphatic carboxylic acids is 2. The number of carboxylic acids is 2. The molecule has 0 bridgehead atoms. The zero-order valence-electron chi connectivity index (χ0n) is 17.2. The average Bonchev–Trinajstić information content (AvgIpc) is 2.76. The van der Waals surface area contributed by atoms with Crippen molar-refractivity contribution >= 4 is 17.6 Å². The van der Waals surface area contributed by atoms with Gasteiger partial charge < -0.3 is 15.1 Å². The van der Waals surface area contributed by atoms with E-state index in [0.717, 1.165) is 51.3 Å². The minimum Gasteiger partial charge on any atom is -0.473 e. The van der Waals surface area contributed by atoms with Gasteiger partial charge in [-0.1, -0.05) is 42.5 Å². The number of piperazine rings is 1. The molecule has 1 fully saturated rings. The van der Waals surface area contributed by atoms with Crippen LogP contribution in [0.3, 0.4) is 0 Å². The Morgan fingerprint density at radius 2 is 1.39 bits per heavy atom. The molecule has 31 heavy (non-hydrogen) atoms. The number of nitro benzene ring substituents is 1. The molecule has 0 amide bonds. The van der Waals surface area contributed by atoms with Crippen LogP contribution in [0.15, 0.2) is 54.6 Å². The third-order valence-corrected chi connectivity index (χ3v) is 4.98. The summed E-state index contributed by atoms with van der Waals surface area (Å²) in [6.45, 7) is 6.34. The number of non-ortho nitro benzene ring substituents is 1. The Morgan fingerprint density at radius 1 is 0.839 bits per heavy atom. The van der Waals surface area contributed by atoms with Gasteiger partial charge in [0.2, 0.25) is 0 Å². The van der Waals surface area contributed by atoms with Crippen LogP contribution in [0.2, 0.25) is 0 Å². The molecule has 0 saturated carbocycles. The van der Waals surface area contributed by atoms with Crippen LogP contribution in [0.5, 0.6) is 0 Å². The SMILES string of the molecule is O=C(O)C(=O)O.O=[N+]([O-])c1ccc(CN2CCN(CCCc3ccccc3)CC2)cc1. The van der Waals surface area contributed by atoms with Crippen LogP contribution >= 0.6 is 0 Å². The van der Waals surface area contributed by atoms with Gasteiger partial charge in [-0.05, 0) is 30.5 Å². The van der Waals surface area contributed by atoms with Crippen LogP contribution in [-0.4, -0.2) is 69.6 Å². The molecule has 0 radical (unpaired) electrons. The molecule has 0 spiro atoms. The van der Waals surface area contributed by atoms with Crippen LogP contribution in [0.4, 0.5) is 5.69 Å². The number of rotatable bonds is 7. The first-order valence-electron chi connectivity index (χ1n) is 10.0. The highest BCUT2D eigenvalue weighted by atomic mass is 16.6.